The lowest BCUT2D eigenvalue weighted by atomic mass is 9.98. The number of hydrogen-bond acceptors (Lipinski definition) is 3. The molecular formula is C25H17ClF5NO3. The second-order valence-corrected chi connectivity index (χ2v) is 8.35. The van der Waals surface area contributed by atoms with Crippen LogP contribution in [0.2, 0.25) is 5.02 Å². The molecule has 0 atom stereocenters. The van der Waals surface area contributed by atoms with E-state index < -0.39 is 35.0 Å². The SMILES string of the molecule is O=C(O)c1cc(C(F)(F)F)cc(C2=C(c3cc(Cl)ccc3OCc3ccc(F)c(F)c3)CCC2)n1. The largest absolute Gasteiger partial charge is 0.488 e. The highest BCUT2D eigenvalue weighted by atomic mass is 35.5. The van der Waals surface area contributed by atoms with E-state index in [1.165, 1.54) is 6.07 Å². The Bertz CT molecular complexity index is 1340. The first-order chi connectivity index (χ1) is 16.5. The van der Waals surface area contributed by atoms with Crippen LogP contribution in [-0.2, 0) is 12.8 Å². The molecule has 0 saturated heterocycles. The van der Waals surface area contributed by atoms with Gasteiger partial charge in [0.05, 0.1) is 11.3 Å². The molecule has 0 fully saturated rings. The summed E-state index contributed by atoms with van der Waals surface area (Å²) < 4.78 is 72.9. The van der Waals surface area contributed by atoms with Crippen LogP contribution in [0, 0.1) is 11.6 Å². The Morgan fingerprint density at radius 1 is 1.00 bits per heavy atom. The molecular weight excluding hydrogens is 493 g/mol. The summed E-state index contributed by atoms with van der Waals surface area (Å²) in [4.78, 5) is 15.4. The van der Waals surface area contributed by atoms with Gasteiger partial charge in [-0.05, 0) is 78.4 Å². The fourth-order valence-corrected chi connectivity index (χ4v) is 4.11. The minimum absolute atomic E-state index is 0.0868. The number of halogens is 6. The van der Waals surface area contributed by atoms with Gasteiger partial charge in [0, 0.05) is 10.6 Å². The minimum Gasteiger partial charge on any atom is -0.488 e. The van der Waals surface area contributed by atoms with Gasteiger partial charge < -0.3 is 9.84 Å². The second-order valence-electron chi connectivity index (χ2n) is 7.92. The molecule has 1 aromatic heterocycles. The first-order valence-electron chi connectivity index (χ1n) is 10.4. The van der Waals surface area contributed by atoms with Crippen molar-refractivity contribution in [3.8, 4) is 5.75 Å². The van der Waals surface area contributed by atoms with Gasteiger partial charge >= 0.3 is 12.1 Å². The van der Waals surface area contributed by atoms with Crippen LogP contribution in [0.15, 0.2) is 48.5 Å². The van der Waals surface area contributed by atoms with Crippen LogP contribution in [-0.4, -0.2) is 16.1 Å². The maximum Gasteiger partial charge on any atom is 0.416 e. The number of alkyl halides is 3. The number of carbonyl (C=O) groups is 1. The molecule has 2 aromatic carbocycles. The zero-order valence-electron chi connectivity index (χ0n) is 17.9. The fourth-order valence-electron chi connectivity index (χ4n) is 3.94. The van der Waals surface area contributed by atoms with E-state index in [4.69, 9.17) is 16.3 Å². The summed E-state index contributed by atoms with van der Waals surface area (Å²) in [5, 5.41) is 9.64. The lowest BCUT2D eigenvalue weighted by molar-refractivity contribution is -0.137. The van der Waals surface area contributed by atoms with Crippen molar-refractivity contribution in [2.75, 3.05) is 0 Å². The van der Waals surface area contributed by atoms with E-state index in [9.17, 15) is 31.9 Å². The number of aromatic nitrogens is 1. The number of ether oxygens (including phenoxy) is 1. The van der Waals surface area contributed by atoms with Crippen molar-refractivity contribution in [2.45, 2.75) is 32.0 Å². The standard InChI is InChI=1S/C25H17ClF5NO3/c26-15-5-7-23(35-12-13-4-6-19(27)20(28)8-13)18(11-15)16-2-1-3-17(16)21-9-14(25(29,30)31)10-22(32-21)24(33)34/h4-11H,1-3,12H2,(H,33,34). The Balaban J connectivity index is 1.77. The number of rotatable bonds is 6. The monoisotopic (exact) mass is 509 g/mol. The molecule has 0 radical (unpaired) electrons. The third-order valence-corrected chi connectivity index (χ3v) is 5.78. The van der Waals surface area contributed by atoms with Crippen molar-refractivity contribution in [3.63, 3.8) is 0 Å². The number of carboxylic acids is 1. The maximum absolute atomic E-state index is 13.5. The van der Waals surface area contributed by atoms with Gasteiger partial charge in [-0.15, -0.1) is 0 Å². The Hall–Kier alpha value is -3.46. The van der Waals surface area contributed by atoms with Gasteiger partial charge in [0.1, 0.15) is 18.1 Å². The second kappa shape index (κ2) is 9.65. The van der Waals surface area contributed by atoms with Crippen molar-refractivity contribution >= 4 is 28.7 Å². The molecule has 4 rings (SSSR count). The van der Waals surface area contributed by atoms with Crippen LogP contribution in [0.5, 0.6) is 5.75 Å². The Morgan fingerprint density at radius 2 is 1.74 bits per heavy atom. The van der Waals surface area contributed by atoms with Crippen LogP contribution in [0.3, 0.4) is 0 Å². The van der Waals surface area contributed by atoms with Crippen LogP contribution in [0.4, 0.5) is 22.0 Å². The molecule has 4 nitrogen and oxygen atoms in total. The van der Waals surface area contributed by atoms with Crippen molar-refractivity contribution in [2.24, 2.45) is 0 Å². The Kier molecular flexibility index (Phi) is 6.80. The topological polar surface area (TPSA) is 59.4 Å². The van der Waals surface area contributed by atoms with Crippen molar-refractivity contribution in [1.29, 1.82) is 0 Å². The molecule has 0 amide bonds. The number of nitrogens with zero attached hydrogens (tertiary/aromatic N) is 1. The highest BCUT2D eigenvalue weighted by Crippen LogP contribution is 2.44. The third kappa shape index (κ3) is 5.45. The maximum atomic E-state index is 13.5. The average Bonchev–Trinajstić information content (AvgIpc) is 3.29. The average molecular weight is 510 g/mol. The molecule has 0 aliphatic heterocycles. The number of allylic oxidation sites excluding steroid dienone is 2. The molecule has 1 aliphatic carbocycles. The van der Waals surface area contributed by atoms with Gasteiger partial charge in [0.2, 0.25) is 0 Å². The smallest absolute Gasteiger partial charge is 0.416 e. The van der Waals surface area contributed by atoms with Crippen LogP contribution >= 0.6 is 11.6 Å². The highest BCUT2D eigenvalue weighted by Gasteiger charge is 2.33. The van der Waals surface area contributed by atoms with Gasteiger partial charge in [-0.2, -0.15) is 13.2 Å². The van der Waals surface area contributed by atoms with E-state index in [0.29, 0.717) is 58.4 Å². The third-order valence-electron chi connectivity index (χ3n) is 5.54. The quantitative estimate of drug-likeness (QED) is 0.352. The van der Waals surface area contributed by atoms with E-state index in [-0.39, 0.29) is 12.3 Å². The normalized spacial score (nSPS) is 13.9. The number of pyridine rings is 1. The van der Waals surface area contributed by atoms with Crippen LogP contribution in [0.1, 0.15) is 52.1 Å². The zero-order chi connectivity index (χ0) is 25.3. The molecule has 1 N–H and O–H groups in total. The van der Waals surface area contributed by atoms with Gasteiger partial charge in [-0.3, -0.25) is 0 Å². The van der Waals surface area contributed by atoms with Crippen molar-refractivity contribution in [1.82, 2.24) is 4.98 Å². The minimum atomic E-state index is -4.75. The van der Waals surface area contributed by atoms with Gasteiger partial charge in [-0.25, -0.2) is 18.6 Å². The highest BCUT2D eigenvalue weighted by molar-refractivity contribution is 6.30. The van der Waals surface area contributed by atoms with Crippen LogP contribution < -0.4 is 4.74 Å². The molecule has 0 bridgehead atoms. The first kappa shape index (κ1) is 24.7. The predicted octanol–water partition coefficient (Wildman–Crippen LogP) is 7.40. The number of carboxylic acid groups (broad SMARTS) is 1. The van der Waals surface area contributed by atoms with E-state index in [1.54, 1.807) is 18.2 Å². The molecule has 35 heavy (non-hydrogen) atoms. The molecule has 0 saturated carbocycles. The molecule has 1 heterocycles. The van der Waals surface area contributed by atoms with Gasteiger partial charge in [-0.1, -0.05) is 17.7 Å². The Labute approximate surface area is 201 Å². The summed E-state index contributed by atoms with van der Waals surface area (Å²) in [6.07, 6.45) is -3.31. The fraction of sp³-hybridized carbons (Fsp3) is 0.200. The van der Waals surface area contributed by atoms with Crippen LogP contribution in [0.25, 0.3) is 11.1 Å². The molecule has 1 aliphatic rings. The van der Waals surface area contributed by atoms with E-state index in [0.717, 1.165) is 18.2 Å². The van der Waals surface area contributed by atoms with Crippen molar-refractivity contribution < 1.29 is 36.6 Å². The zero-order valence-corrected chi connectivity index (χ0v) is 18.7. The molecule has 3 aromatic rings. The molecule has 0 unspecified atom stereocenters. The summed E-state index contributed by atoms with van der Waals surface area (Å²) in [6, 6.07) is 9.41. The van der Waals surface area contributed by atoms with E-state index in [1.807, 2.05) is 0 Å². The molecule has 0 spiro atoms. The first-order valence-corrected chi connectivity index (χ1v) is 10.8. The Morgan fingerprint density at radius 3 is 2.43 bits per heavy atom. The van der Waals surface area contributed by atoms with E-state index >= 15 is 0 Å². The number of aromatic carboxylic acids is 1. The summed E-state index contributed by atoms with van der Waals surface area (Å²) >= 11 is 6.18. The molecule has 10 heteroatoms. The van der Waals surface area contributed by atoms with Gasteiger partial charge in [0.15, 0.2) is 11.6 Å². The van der Waals surface area contributed by atoms with Gasteiger partial charge in [0.25, 0.3) is 0 Å². The lowest BCUT2D eigenvalue weighted by Gasteiger charge is -2.16. The van der Waals surface area contributed by atoms with Crippen molar-refractivity contribution in [3.05, 3.63) is 93.3 Å². The number of benzene rings is 2. The molecule has 182 valence electrons. The summed E-state index contributed by atoms with van der Waals surface area (Å²) in [7, 11) is 0. The summed E-state index contributed by atoms with van der Waals surface area (Å²) in [6.45, 7) is -0.0978. The number of hydrogen-bond donors (Lipinski definition) is 1. The summed E-state index contributed by atoms with van der Waals surface area (Å²) in [5.74, 6) is -3.25. The predicted molar refractivity (Wildman–Crippen MR) is 119 cm³/mol. The van der Waals surface area contributed by atoms with E-state index in [2.05, 4.69) is 4.98 Å². The summed E-state index contributed by atoms with van der Waals surface area (Å²) in [5.41, 5.74) is 0.0412. The lowest BCUT2D eigenvalue weighted by Crippen LogP contribution is -2.11.